The first-order valence-corrected chi connectivity index (χ1v) is 22.7. The average Bonchev–Trinajstić information content (AvgIpc) is 4.15. The topological polar surface area (TPSA) is 194 Å². The number of nitrogens with one attached hydrogen (secondary N) is 3. The Balaban J connectivity index is 1.17. The fraction of sp³-hybridized carbons (Fsp3) is 0.857. The number of rotatable bonds is 30. The monoisotopic (exact) mass is 850 g/mol. The summed E-state index contributed by atoms with van der Waals surface area (Å²) in [6.07, 6.45) is 7.59. The summed E-state index contributed by atoms with van der Waals surface area (Å²) in [5.41, 5.74) is -0.407. The lowest BCUT2D eigenvalue weighted by Gasteiger charge is -2.14. The van der Waals surface area contributed by atoms with Crippen molar-refractivity contribution in [2.24, 2.45) is 4.99 Å². The van der Waals surface area contributed by atoms with Crippen molar-refractivity contribution in [3.8, 4) is 0 Å². The van der Waals surface area contributed by atoms with Gasteiger partial charge in [0.1, 0.15) is 18.3 Å². The van der Waals surface area contributed by atoms with Gasteiger partial charge in [0.05, 0.1) is 0 Å². The Kier molecular flexibility index (Phi) is 20.9. The Morgan fingerprint density at radius 3 is 1.32 bits per heavy atom. The highest BCUT2D eigenvalue weighted by molar-refractivity contribution is 5.68. The summed E-state index contributed by atoms with van der Waals surface area (Å²) in [5, 5.41) is 8.45. The van der Waals surface area contributed by atoms with Gasteiger partial charge in [0.25, 0.3) is 0 Å². The van der Waals surface area contributed by atoms with Crippen LogP contribution >= 0.6 is 0 Å². The standard InChI is InChI=1S/C42H75N9O9/c1-31-25-47(31)28-34(4)57-38(52)44-20-14-8-7-13-19-43-37-50(23-17-11-9-15-21-45-39(53)58-35(5)29-48-26-32(48)2)41(55)51(42(56)60-37)24-18-12-10-16-22-46-40(54)59-36(6)30-49-27-33(49)3/h31-36H,7-30H2,1-6H3,(H,44,52)(H,45,53)(H,46,54). The molecule has 4 heterocycles. The van der Waals surface area contributed by atoms with Crippen LogP contribution in [0.2, 0.25) is 0 Å². The number of hydrogen-bond acceptors (Lipinski definition) is 13. The van der Waals surface area contributed by atoms with Crippen LogP contribution < -0.4 is 33.1 Å². The summed E-state index contributed by atoms with van der Waals surface area (Å²) in [5.74, 6) is -0.724. The Bertz CT molecular complexity index is 1670. The van der Waals surface area contributed by atoms with Crippen LogP contribution in [0.15, 0.2) is 19.0 Å². The Hall–Kier alpha value is -3.90. The molecule has 0 aromatic carbocycles. The Morgan fingerprint density at radius 1 is 0.583 bits per heavy atom. The van der Waals surface area contributed by atoms with Crippen molar-refractivity contribution in [2.45, 2.75) is 168 Å². The summed E-state index contributed by atoms with van der Waals surface area (Å²) in [6, 6.07) is 1.69. The van der Waals surface area contributed by atoms with Gasteiger partial charge in [0.2, 0.25) is 0 Å². The molecule has 1 aromatic heterocycles. The van der Waals surface area contributed by atoms with Gasteiger partial charge in [-0.1, -0.05) is 38.5 Å². The molecule has 4 rings (SSSR count). The van der Waals surface area contributed by atoms with Crippen molar-refractivity contribution >= 4 is 18.3 Å². The lowest BCUT2D eigenvalue weighted by Crippen LogP contribution is -2.47. The van der Waals surface area contributed by atoms with Crippen LogP contribution in [0.25, 0.3) is 0 Å². The summed E-state index contributed by atoms with van der Waals surface area (Å²) in [7, 11) is 0. The van der Waals surface area contributed by atoms with Crippen LogP contribution in [-0.4, -0.2) is 144 Å². The molecule has 0 saturated carbocycles. The maximum absolute atomic E-state index is 13.7. The molecule has 342 valence electrons. The predicted molar refractivity (Wildman–Crippen MR) is 228 cm³/mol. The quantitative estimate of drug-likeness (QED) is 0.0580. The first kappa shape index (κ1) is 48.8. The predicted octanol–water partition coefficient (Wildman–Crippen LogP) is 3.64. The van der Waals surface area contributed by atoms with Crippen molar-refractivity contribution in [3.63, 3.8) is 0 Å². The molecule has 18 nitrogen and oxygen atoms in total. The maximum atomic E-state index is 13.7. The Labute approximate surface area is 355 Å². The number of ether oxygens (including phenoxy) is 3. The molecule has 3 N–H and O–H groups in total. The number of unbranched alkanes of at least 4 members (excludes halogenated alkanes) is 9. The second kappa shape index (κ2) is 25.8. The van der Waals surface area contributed by atoms with Crippen LogP contribution in [0.1, 0.15) is 119 Å². The maximum Gasteiger partial charge on any atom is 0.425 e. The number of aromatic nitrogens is 2. The van der Waals surface area contributed by atoms with E-state index < -0.39 is 29.7 Å². The van der Waals surface area contributed by atoms with Gasteiger partial charge < -0.3 is 34.6 Å². The van der Waals surface area contributed by atoms with Gasteiger partial charge in [-0.2, -0.15) is 0 Å². The molecule has 0 radical (unpaired) electrons. The number of amides is 3. The molecule has 0 spiro atoms. The molecule has 60 heavy (non-hydrogen) atoms. The lowest BCUT2D eigenvalue weighted by atomic mass is 10.2. The van der Waals surface area contributed by atoms with E-state index in [1.165, 1.54) is 4.57 Å². The third kappa shape index (κ3) is 19.2. The zero-order chi connectivity index (χ0) is 43.4. The summed E-state index contributed by atoms with van der Waals surface area (Å²) < 4.78 is 24.5. The van der Waals surface area contributed by atoms with Crippen molar-refractivity contribution in [2.75, 3.05) is 65.4 Å². The number of alkyl carbamates (subject to hydrolysis) is 3. The van der Waals surface area contributed by atoms with E-state index in [9.17, 15) is 24.0 Å². The van der Waals surface area contributed by atoms with Gasteiger partial charge in [-0.25, -0.2) is 38.1 Å². The SMILES string of the molecule is CC(CN1CC1C)OC(=O)NCCCCCCN=c1oc(=O)n(CCCCCCNC(=O)OC(C)CN2CC2C)c(=O)n1CCCCCCNC(=O)OC(C)CN1CC1C. The third-order valence-electron chi connectivity index (χ3n) is 11.2. The molecule has 0 bridgehead atoms. The molecule has 3 amide bonds. The van der Waals surface area contributed by atoms with Crippen LogP contribution in [0, 0.1) is 0 Å². The molecular formula is C42H75N9O9. The molecule has 0 aliphatic carbocycles. The fourth-order valence-corrected chi connectivity index (χ4v) is 7.24. The summed E-state index contributed by atoms with van der Waals surface area (Å²) in [6.45, 7) is 20.0. The van der Waals surface area contributed by atoms with Crippen LogP contribution in [0.4, 0.5) is 14.4 Å². The number of nitrogens with zero attached hydrogens (tertiary/aromatic N) is 6. The minimum atomic E-state index is -0.724. The van der Waals surface area contributed by atoms with Gasteiger partial charge in [0, 0.05) is 96.7 Å². The van der Waals surface area contributed by atoms with E-state index >= 15 is 0 Å². The minimum absolute atomic E-state index is 0.0308. The molecule has 9 atom stereocenters. The van der Waals surface area contributed by atoms with E-state index in [4.69, 9.17) is 18.6 Å². The van der Waals surface area contributed by atoms with Crippen molar-refractivity contribution in [3.05, 3.63) is 26.7 Å². The highest BCUT2D eigenvalue weighted by Gasteiger charge is 2.32. The van der Waals surface area contributed by atoms with Gasteiger partial charge in [0.15, 0.2) is 0 Å². The van der Waals surface area contributed by atoms with Crippen LogP contribution in [0.3, 0.4) is 0 Å². The number of hydrogen-bond donors (Lipinski definition) is 3. The van der Waals surface area contributed by atoms with Gasteiger partial charge in [-0.15, -0.1) is 0 Å². The molecule has 18 heteroatoms. The minimum Gasteiger partial charge on any atom is -0.445 e. The average molecular weight is 850 g/mol. The van der Waals surface area contributed by atoms with Crippen LogP contribution in [0.5, 0.6) is 0 Å². The largest absolute Gasteiger partial charge is 0.445 e. The van der Waals surface area contributed by atoms with E-state index in [0.29, 0.717) is 63.7 Å². The van der Waals surface area contributed by atoms with Crippen LogP contribution in [-0.2, 0) is 27.3 Å². The van der Waals surface area contributed by atoms with E-state index in [2.05, 4.69) is 56.4 Å². The van der Waals surface area contributed by atoms with Crippen molar-refractivity contribution < 1.29 is 33.0 Å². The fourth-order valence-electron chi connectivity index (χ4n) is 7.24. The molecule has 1 aromatic rings. The molecule has 9 unspecified atom stereocenters. The van der Waals surface area contributed by atoms with Gasteiger partial charge in [-0.3, -0.25) is 14.7 Å². The number of carbonyl (C=O) groups is 3. The molecular weight excluding hydrogens is 775 g/mol. The second-order valence-corrected chi connectivity index (χ2v) is 17.2. The molecule has 3 aliphatic heterocycles. The molecule has 3 fully saturated rings. The highest BCUT2D eigenvalue weighted by Crippen LogP contribution is 2.18. The van der Waals surface area contributed by atoms with Gasteiger partial charge in [-0.05, 0) is 80.1 Å². The van der Waals surface area contributed by atoms with E-state index in [0.717, 1.165) is 108 Å². The first-order chi connectivity index (χ1) is 28.8. The number of carbonyl (C=O) groups excluding carboxylic acids is 3. The zero-order valence-corrected chi connectivity index (χ0v) is 37.3. The van der Waals surface area contributed by atoms with E-state index in [1.54, 1.807) is 0 Å². The van der Waals surface area contributed by atoms with E-state index in [1.807, 2.05) is 20.8 Å². The molecule has 3 aliphatic rings. The van der Waals surface area contributed by atoms with E-state index in [-0.39, 0.29) is 30.5 Å². The van der Waals surface area contributed by atoms with Crippen molar-refractivity contribution in [1.29, 1.82) is 0 Å². The summed E-state index contributed by atoms with van der Waals surface area (Å²) in [4.78, 5) is 74.4. The third-order valence-corrected chi connectivity index (χ3v) is 11.2. The summed E-state index contributed by atoms with van der Waals surface area (Å²) >= 11 is 0. The van der Waals surface area contributed by atoms with Gasteiger partial charge >= 0.3 is 35.4 Å². The Morgan fingerprint density at radius 2 is 0.933 bits per heavy atom. The highest BCUT2D eigenvalue weighted by atomic mass is 16.6. The van der Waals surface area contributed by atoms with Crippen molar-refractivity contribution in [1.82, 2.24) is 39.8 Å². The lowest BCUT2D eigenvalue weighted by molar-refractivity contribution is 0.0964. The second-order valence-electron chi connectivity index (χ2n) is 17.2. The smallest absolute Gasteiger partial charge is 0.425 e. The molecule has 3 saturated heterocycles. The normalized spacial score (nSPS) is 23.3. The zero-order valence-electron chi connectivity index (χ0n) is 37.3. The first-order valence-electron chi connectivity index (χ1n) is 22.7.